The van der Waals surface area contributed by atoms with Crippen LogP contribution in [0.25, 0.3) is 0 Å². The molecule has 7 heteroatoms. The molecule has 3 rings (SSSR count). The monoisotopic (exact) mass is 511 g/mol. The standard InChI is InChI=1S/C22H33N5O.HI/c1-17(2)28-15-20-7-5-19(6-8-20)13-25-22(23-4)26-11-9-18(3)21(14-26)27-12-10-24-16-27;/h5-8,10,12,16-18,21H,9,11,13-15H2,1-4H3,(H,23,25);1H. The van der Waals surface area contributed by atoms with Crippen molar-refractivity contribution in [3.05, 3.63) is 54.1 Å². The first-order valence-electron chi connectivity index (χ1n) is 10.2. The van der Waals surface area contributed by atoms with Crippen molar-refractivity contribution >= 4 is 29.9 Å². The first kappa shape index (κ1) is 23.7. The Morgan fingerprint density at radius 3 is 2.62 bits per heavy atom. The number of aromatic nitrogens is 2. The highest BCUT2D eigenvalue weighted by Gasteiger charge is 2.28. The van der Waals surface area contributed by atoms with Gasteiger partial charge < -0.3 is 19.5 Å². The second-order valence-electron chi connectivity index (χ2n) is 7.87. The maximum atomic E-state index is 5.66. The highest BCUT2D eigenvalue weighted by atomic mass is 127. The normalized spacial score (nSPS) is 19.9. The fourth-order valence-corrected chi connectivity index (χ4v) is 3.62. The predicted molar refractivity (Wildman–Crippen MR) is 129 cm³/mol. The molecule has 160 valence electrons. The van der Waals surface area contributed by atoms with Crippen LogP contribution < -0.4 is 5.32 Å². The van der Waals surface area contributed by atoms with E-state index in [1.165, 1.54) is 11.1 Å². The van der Waals surface area contributed by atoms with Crippen LogP contribution in [-0.4, -0.2) is 46.7 Å². The molecule has 1 aliphatic heterocycles. The van der Waals surface area contributed by atoms with Crippen molar-refractivity contribution in [1.82, 2.24) is 19.8 Å². The number of hydrogen-bond acceptors (Lipinski definition) is 3. The Hall–Kier alpha value is -1.61. The number of ether oxygens (including phenoxy) is 1. The zero-order chi connectivity index (χ0) is 19.9. The van der Waals surface area contributed by atoms with Crippen LogP contribution in [-0.2, 0) is 17.9 Å². The van der Waals surface area contributed by atoms with E-state index >= 15 is 0 Å². The number of rotatable bonds is 6. The average Bonchev–Trinajstić information content (AvgIpc) is 3.23. The second kappa shape index (κ2) is 11.5. The van der Waals surface area contributed by atoms with E-state index in [2.05, 4.69) is 76.0 Å². The van der Waals surface area contributed by atoms with Crippen LogP contribution in [0.1, 0.15) is 44.4 Å². The molecular formula is C22H34IN5O. The zero-order valence-corrected chi connectivity index (χ0v) is 20.2. The first-order chi connectivity index (χ1) is 13.6. The lowest BCUT2D eigenvalue weighted by atomic mass is 9.93. The quantitative estimate of drug-likeness (QED) is 0.361. The molecule has 0 bridgehead atoms. The van der Waals surface area contributed by atoms with E-state index < -0.39 is 0 Å². The molecule has 0 amide bonds. The SMILES string of the molecule is CN=C(NCc1ccc(COC(C)C)cc1)N1CCC(C)C(n2ccnc2)C1.I. The van der Waals surface area contributed by atoms with Crippen LogP contribution in [0.15, 0.2) is 48.0 Å². The molecule has 1 saturated heterocycles. The summed E-state index contributed by atoms with van der Waals surface area (Å²) in [7, 11) is 1.86. The molecule has 0 radical (unpaired) electrons. The number of guanidine groups is 1. The van der Waals surface area contributed by atoms with Gasteiger partial charge in [0, 0.05) is 39.1 Å². The van der Waals surface area contributed by atoms with Crippen molar-refractivity contribution in [2.24, 2.45) is 10.9 Å². The summed E-state index contributed by atoms with van der Waals surface area (Å²) >= 11 is 0. The number of benzene rings is 1. The third-order valence-corrected chi connectivity index (χ3v) is 5.39. The molecule has 2 atom stereocenters. The lowest BCUT2D eigenvalue weighted by Crippen LogP contribution is -2.48. The number of halogens is 1. The van der Waals surface area contributed by atoms with Crippen LogP contribution in [0.3, 0.4) is 0 Å². The highest BCUT2D eigenvalue weighted by molar-refractivity contribution is 14.0. The maximum absolute atomic E-state index is 5.66. The van der Waals surface area contributed by atoms with Gasteiger partial charge >= 0.3 is 0 Å². The van der Waals surface area contributed by atoms with Gasteiger partial charge in [0.05, 0.1) is 25.1 Å². The van der Waals surface area contributed by atoms with Gasteiger partial charge in [-0.2, -0.15) is 0 Å². The Balaban J connectivity index is 0.00000300. The molecule has 2 unspecified atom stereocenters. The van der Waals surface area contributed by atoms with Gasteiger partial charge in [-0.3, -0.25) is 4.99 Å². The fraction of sp³-hybridized carbons (Fsp3) is 0.545. The molecule has 1 N–H and O–H groups in total. The summed E-state index contributed by atoms with van der Waals surface area (Å²) in [5.41, 5.74) is 2.45. The van der Waals surface area contributed by atoms with Gasteiger partial charge in [-0.1, -0.05) is 31.2 Å². The minimum absolute atomic E-state index is 0. The van der Waals surface area contributed by atoms with E-state index in [1.54, 1.807) is 0 Å². The van der Waals surface area contributed by atoms with E-state index in [0.717, 1.165) is 32.0 Å². The van der Waals surface area contributed by atoms with E-state index in [4.69, 9.17) is 4.74 Å². The lowest BCUT2D eigenvalue weighted by Gasteiger charge is -2.39. The predicted octanol–water partition coefficient (Wildman–Crippen LogP) is 4.08. The fourth-order valence-electron chi connectivity index (χ4n) is 3.62. The number of likely N-dealkylation sites (tertiary alicyclic amines) is 1. The number of nitrogens with one attached hydrogen (secondary N) is 1. The van der Waals surface area contributed by atoms with Gasteiger partial charge in [0.15, 0.2) is 5.96 Å². The third kappa shape index (κ3) is 6.70. The summed E-state index contributed by atoms with van der Waals surface area (Å²) < 4.78 is 7.89. The lowest BCUT2D eigenvalue weighted by molar-refractivity contribution is 0.0657. The molecule has 1 aliphatic rings. The zero-order valence-electron chi connectivity index (χ0n) is 17.9. The summed E-state index contributed by atoms with van der Waals surface area (Å²) in [6.45, 7) is 9.84. The topological polar surface area (TPSA) is 54.7 Å². The number of hydrogen-bond donors (Lipinski definition) is 1. The van der Waals surface area contributed by atoms with E-state index in [0.29, 0.717) is 18.6 Å². The molecule has 29 heavy (non-hydrogen) atoms. The smallest absolute Gasteiger partial charge is 0.193 e. The number of aliphatic imine (C=N–C) groups is 1. The highest BCUT2D eigenvalue weighted by Crippen LogP contribution is 2.27. The molecule has 1 fully saturated rings. The maximum Gasteiger partial charge on any atom is 0.193 e. The van der Waals surface area contributed by atoms with Gasteiger partial charge in [0.1, 0.15) is 0 Å². The van der Waals surface area contributed by atoms with Crippen LogP contribution in [0.4, 0.5) is 0 Å². The number of imidazole rings is 1. The van der Waals surface area contributed by atoms with Gasteiger partial charge in [-0.05, 0) is 37.3 Å². The van der Waals surface area contributed by atoms with Crippen molar-refractivity contribution < 1.29 is 4.74 Å². The molecule has 2 aromatic rings. The number of nitrogens with zero attached hydrogens (tertiary/aromatic N) is 4. The Labute approximate surface area is 191 Å². The van der Waals surface area contributed by atoms with Crippen molar-refractivity contribution in [2.75, 3.05) is 20.1 Å². The molecule has 0 aliphatic carbocycles. The first-order valence-corrected chi connectivity index (χ1v) is 10.2. The van der Waals surface area contributed by atoms with Gasteiger partial charge in [0.25, 0.3) is 0 Å². The second-order valence-corrected chi connectivity index (χ2v) is 7.87. The molecule has 0 spiro atoms. The Morgan fingerprint density at radius 1 is 1.28 bits per heavy atom. The van der Waals surface area contributed by atoms with Crippen molar-refractivity contribution in [2.45, 2.75) is 52.5 Å². The minimum atomic E-state index is 0. The van der Waals surface area contributed by atoms with Crippen molar-refractivity contribution in [3.8, 4) is 0 Å². The summed E-state index contributed by atoms with van der Waals surface area (Å²) in [6, 6.07) is 9.02. The molecule has 0 saturated carbocycles. The van der Waals surface area contributed by atoms with E-state index in [-0.39, 0.29) is 30.1 Å². The summed E-state index contributed by atoms with van der Waals surface area (Å²) in [5.74, 6) is 1.59. The van der Waals surface area contributed by atoms with E-state index in [1.807, 2.05) is 19.6 Å². The Kier molecular flexibility index (Phi) is 9.42. The van der Waals surface area contributed by atoms with Gasteiger partial charge in [-0.25, -0.2) is 4.98 Å². The van der Waals surface area contributed by atoms with Crippen LogP contribution in [0.2, 0.25) is 0 Å². The van der Waals surface area contributed by atoms with Crippen LogP contribution >= 0.6 is 24.0 Å². The molecule has 6 nitrogen and oxygen atoms in total. The summed E-state index contributed by atoms with van der Waals surface area (Å²) in [6.07, 6.45) is 7.24. The van der Waals surface area contributed by atoms with Crippen LogP contribution in [0.5, 0.6) is 0 Å². The summed E-state index contributed by atoms with van der Waals surface area (Å²) in [5, 5.41) is 3.53. The molecular weight excluding hydrogens is 477 g/mol. The molecule has 2 heterocycles. The Bertz CT molecular complexity index is 745. The summed E-state index contributed by atoms with van der Waals surface area (Å²) in [4.78, 5) is 11.1. The third-order valence-electron chi connectivity index (χ3n) is 5.39. The van der Waals surface area contributed by atoms with Crippen molar-refractivity contribution in [1.29, 1.82) is 0 Å². The van der Waals surface area contributed by atoms with E-state index in [9.17, 15) is 0 Å². The van der Waals surface area contributed by atoms with Crippen LogP contribution in [0, 0.1) is 5.92 Å². The van der Waals surface area contributed by atoms with Gasteiger partial charge in [-0.15, -0.1) is 24.0 Å². The molecule has 1 aromatic heterocycles. The molecule has 1 aromatic carbocycles. The number of piperidine rings is 1. The minimum Gasteiger partial charge on any atom is -0.374 e. The van der Waals surface area contributed by atoms with Crippen molar-refractivity contribution in [3.63, 3.8) is 0 Å². The average molecular weight is 511 g/mol. The Morgan fingerprint density at radius 2 is 2.00 bits per heavy atom. The van der Waals surface area contributed by atoms with Gasteiger partial charge in [0.2, 0.25) is 0 Å². The largest absolute Gasteiger partial charge is 0.374 e.